The molecule has 116 valence electrons. The first-order valence-corrected chi connectivity index (χ1v) is 9.13. The van der Waals surface area contributed by atoms with Crippen LogP contribution in [0.4, 0.5) is 0 Å². The van der Waals surface area contributed by atoms with E-state index in [9.17, 15) is 0 Å². The van der Waals surface area contributed by atoms with E-state index in [0.29, 0.717) is 6.10 Å². The normalized spacial score (nSPS) is 35.3. The monoisotopic (exact) mass is 278 g/mol. The molecule has 0 bridgehead atoms. The van der Waals surface area contributed by atoms with E-state index in [2.05, 4.69) is 19.9 Å². The van der Waals surface area contributed by atoms with Crippen molar-refractivity contribution in [2.75, 3.05) is 0 Å². The van der Waals surface area contributed by atoms with Crippen LogP contribution in [0.2, 0.25) is 0 Å². The molecule has 2 atom stereocenters. The molecule has 0 spiro atoms. The molecule has 0 aromatic carbocycles. The van der Waals surface area contributed by atoms with Gasteiger partial charge in [-0.2, -0.15) is 0 Å². The van der Waals surface area contributed by atoms with Crippen molar-refractivity contribution in [2.24, 2.45) is 17.8 Å². The highest BCUT2D eigenvalue weighted by Crippen LogP contribution is 2.41. The van der Waals surface area contributed by atoms with Crippen molar-refractivity contribution in [2.45, 2.75) is 90.6 Å². The molecule has 2 aliphatic rings. The number of unbranched alkanes of at least 4 members (excludes halogenated alkanes) is 1. The van der Waals surface area contributed by atoms with Crippen LogP contribution in [0.3, 0.4) is 0 Å². The van der Waals surface area contributed by atoms with Crippen LogP contribution in [-0.4, -0.2) is 6.10 Å². The lowest BCUT2D eigenvalue weighted by Gasteiger charge is -2.38. The summed E-state index contributed by atoms with van der Waals surface area (Å²) in [6.07, 6.45) is 19.8. The predicted octanol–water partition coefficient (Wildman–Crippen LogP) is 6.09. The Kier molecular flexibility index (Phi) is 6.96. The van der Waals surface area contributed by atoms with Crippen LogP contribution < -0.4 is 0 Å². The number of rotatable bonds is 6. The molecular weight excluding hydrogens is 244 g/mol. The second-order valence-corrected chi connectivity index (χ2v) is 7.03. The zero-order valence-electron chi connectivity index (χ0n) is 13.7. The molecule has 0 saturated heterocycles. The van der Waals surface area contributed by atoms with Crippen molar-refractivity contribution in [3.63, 3.8) is 0 Å². The molecule has 2 saturated carbocycles. The Morgan fingerprint density at radius 1 is 0.950 bits per heavy atom. The Labute approximate surface area is 126 Å². The van der Waals surface area contributed by atoms with Crippen molar-refractivity contribution in [1.29, 1.82) is 0 Å². The minimum absolute atomic E-state index is 0.505. The van der Waals surface area contributed by atoms with Crippen LogP contribution >= 0.6 is 0 Å². The van der Waals surface area contributed by atoms with Crippen molar-refractivity contribution in [3.05, 3.63) is 12.3 Å². The minimum atomic E-state index is 0.505. The van der Waals surface area contributed by atoms with Gasteiger partial charge in [0.25, 0.3) is 0 Å². The molecule has 20 heavy (non-hydrogen) atoms. The molecule has 1 heteroatoms. The van der Waals surface area contributed by atoms with Gasteiger partial charge in [0, 0.05) is 0 Å². The molecule has 0 aromatic rings. The van der Waals surface area contributed by atoms with E-state index in [-0.39, 0.29) is 0 Å². The number of allylic oxidation sites excluding steroid dienone is 1. The maximum absolute atomic E-state index is 5.97. The van der Waals surface area contributed by atoms with Gasteiger partial charge >= 0.3 is 0 Å². The molecule has 2 rings (SSSR count). The van der Waals surface area contributed by atoms with Crippen LogP contribution in [0.1, 0.15) is 84.5 Å². The minimum Gasteiger partial charge on any atom is -0.498 e. The van der Waals surface area contributed by atoms with Crippen molar-refractivity contribution in [3.8, 4) is 0 Å². The molecule has 0 aliphatic heterocycles. The Hall–Kier alpha value is -0.460. The molecule has 2 aliphatic carbocycles. The second-order valence-electron chi connectivity index (χ2n) is 7.03. The highest BCUT2D eigenvalue weighted by molar-refractivity contribution is 4.84. The predicted molar refractivity (Wildman–Crippen MR) is 86.6 cm³/mol. The van der Waals surface area contributed by atoms with Crippen LogP contribution in [0, 0.1) is 17.8 Å². The lowest BCUT2D eigenvalue weighted by molar-refractivity contribution is 0.0513. The molecule has 0 heterocycles. The summed E-state index contributed by atoms with van der Waals surface area (Å²) in [6, 6.07) is 0. The second kappa shape index (κ2) is 8.74. The van der Waals surface area contributed by atoms with Gasteiger partial charge < -0.3 is 4.74 Å². The first kappa shape index (κ1) is 15.9. The van der Waals surface area contributed by atoms with E-state index < -0.39 is 0 Å². The Balaban J connectivity index is 1.73. The van der Waals surface area contributed by atoms with Gasteiger partial charge in [0.1, 0.15) is 0 Å². The van der Waals surface area contributed by atoms with E-state index in [1.807, 2.05) is 6.26 Å². The van der Waals surface area contributed by atoms with Gasteiger partial charge in [-0.15, -0.1) is 0 Å². The first-order valence-electron chi connectivity index (χ1n) is 9.13. The Bertz CT molecular complexity index is 275. The van der Waals surface area contributed by atoms with Gasteiger partial charge in [0.15, 0.2) is 0 Å². The van der Waals surface area contributed by atoms with E-state index in [1.54, 1.807) is 0 Å². The summed E-state index contributed by atoms with van der Waals surface area (Å²) in [5.74, 6) is 2.98. The summed E-state index contributed by atoms with van der Waals surface area (Å²) in [4.78, 5) is 0. The van der Waals surface area contributed by atoms with Crippen molar-refractivity contribution in [1.82, 2.24) is 0 Å². The molecule has 2 fully saturated rings. The quantitative estimate of drug-likeness (QED) is 0.534. The standard InChI is InChI=1S/C19H34O/c1-3-5-6-14-20-19-9-7-8-18(15-19)17-12-10-16(4-2)11-13-17/h6,14,16-19H,3-5,7-13,15H2,1-2H3/t16-,17-,18-,19-/m1/s1. The van der Waals surface area contributed by atoms with E-state index >= 15 is 0 Å². The highest BCUT2D eigenvalue weighted by Gasteiger charge is 2.31. The molecule has 0 N–H and O–H groups in total. The van der Waals surface area contributed by atoms with Crippen molar-refractivity contribution < 1.29 is 4.74 Å². The third-order valence-corrected chi connectivity index (χ3v) is 5.62. The summed E-state index contributed by atoms with van der Waals surface area (Å²) in [5.41, 5.74) is 0. The van der Waals surface area contributed by atoms with Crippen LogP contribution in [0.25, 0.3) is 0 Å². The fraction of sp³-hybridized carbons (Fsp3) is 0.895. The maximum atomic E-state index is 5.97. The molecule has 0 unspecified atom stereocenters. The number of hydrogen-bond acceptors (Lipinski definition) is 1. The fourth-order valence-corrected chi connectivity index (χ4v) is 4.20. The van der Waals surface area contributed by atoms with Gasteiger partial charge in [0.05, 0.1) is 12.4 Å². The number of ether oxygens (including phenoxy) is 1. The average Bonchev–Trinajstić information content (AvgIpc) is 2.52. The van der Waals surface area contributed by atoms with Gasteiger partial charge in [-0.3, -0.25) is 0 Å². The van der Waals surface area contributed by atoms with E-state index in [0.717, 1.165) is 24.2 Å². The Morgan fingerprint density at radius 2 is 1.75 bits per heavy atom. The van der Waals surface area contributed by atoms with Gasteiger partial charge in [-0.25, -0.2) is 0 Å². The maximum Gasteiger partial charge on any atom is 0.0981 e. The van der Waals surface area contributed by atoms with E-state index in [4.69, 9.17) is 4.74 Å². The molecule has 1 nitrogen and oxygen atoms in total. The SMILES string of the molecule is CCCC=CO[C@@H]1CCC[C@@H]([C@H]2CC[C@H](CC)CC2)C1. The largest absolute Gasteiger partial charge is 0.498 e. The van der Waals surface area contributed by atoms with Crippen LogP contribution in [0.15, 0.2) is 12.3 Å². The van der Waals surface area contributed by atoms with Crippen molar-refractivity contribution >= 4 is 0 Å². The zero-order chi connectivity index (χ0) is 14.2. The Morgan fingerprint density at radius 3 is 2.45 bits per heavy atom. The fourth-order valence-electron chi connectivity index (χ4n) is 4.20. The summed E-state index contributed by atoms with van der Waals surface area (Å²) in [7, 11) is 0. The zero-order valence-corrected chi connectivity index (χ0v) is 13.7. The lowest BCUT2D eigenvalue weighted by Crippen LogP contribution is -2.29. The highest BCUT2D eigenvalue weighted by atomic mass is 16.5. The summed E-state index contributed by atoms with van der Waals surface area (Å²) < 4.78 is 5.97. The van der Waals surface area contributed by atoms with E-state index in [1.165, 1.54) is 64.2 Å². The molecule has 0 radical (unpaired) electrons. The third-order valence-electron chi connectivity index (χ3n) is 5.62. The van der Waals surface area contributed by atoms with Gasteiger partial charge in [-0.05, 0) is 68.8 Å². The lowest BCUT2D eigenvalue weighted by atomic mass is 9.70. The van der Waals surface area contributed by atoms with Crippen LogP contribution in [0.5, 0.6) is 0 Å². The van der Waals surface area contributed by atoms with Gasteiger partial charge in [0.2, 0.25) is 0 Å². The molecule has 0 amide bonds. The number of hydrogen-bond donors (Lipinski definition) is 0. The third kappa shape index (κ3) is 4.82. The molecular formula is C19H34O. The summed E-state index contributed by atoms with van der Waals surface area (Å²) in [6.45, 7) is 4.58. The average molecular weight is 278 g/mol. The smallest absolute Gasteiger partial charge is 0.0981 e. The van der Waals surface area contributed by atoms with Crippen LogP contribution in [-0.2, 0) is 4.74 Å². The van der Waals surface area contributed by atoms with Gasteiger partial charge in [-0.1, -0.05) is 39.5 Å². The first-order chi connectivity index (χ1) is 9.83. The molecule has 0 aromatic heterocycles. The summed E-state index contributed by atoms with van der Waals surface area (Å²) in [5, 5.41) is 0. The topological polar surface area (TPSA) is 9.23 Å². The summed E-state index contributed by atoms with van der Waals surface area (Å²) >= 11 is 0.